The van der Waals surface area contributed by atoms with E-state index in [9.17, 15) is 0 Å². The Morgan fingerprint density at radius 2 is 1.71 bits per heavy atom. The quantitative estimate of drug-likeness (QED) is 0.619. The zero-order chi connectivity index (χ0) is 10.8. The lowest BCUT2D eigenvalue weighted by atomic mass is 10.2. The van der Waals surface area contributed by atoms with E-state index in [2.05, 4.69) is 33.0 Å². The minimum Gasteiger partial charge on any atom is -0.377 e. The van der Waals surface area contributed by atoms with Gasteiger partial charge in [0.15, 0.2) is 0 Å². The van der Waals surface area contributed by atoms with Crippen molar-refractivity contribution in [3.8, 4) is 0 Å². The van der Waals surface area contributed by atoms with Gasteiger partial charge in [-0.15, -0.1) is 0 Å². The minimum absolute atomic E-state index is 0.415. The highest BCUT2D eigenvalue weighted by atomic mass is 16.5. The fraction of sp³-hybridized carbons (Fsp3) is 1.00. The fourth-order valence-electron chi connectivity index (χ4n) is 1.65. The summed E-state index contributed by atoms with van der Waals surface area (Å²) in [5, 5.41) is 3.46. The largest absolute Gasteiger partial charge is 0.377 e. The van der Waals surface area contributed by atoms with Crippen LogP contribution < -0.4 is 5.32 Å². The number of ether oxygens (including phenoxy) is 1. The van der Waals surface area contributed by atoms with Crippen molar-refractivity contribution < 1.29 is 4.74 Å². The van der Waals surface area contributed by atoms with Crippen LogP contribution in [0.5, 0.6) is 0 Å². The Bertz CT molecular complexity index is 111. The second-order valence-electron chi connectivity index (χ2n) is 3.98. The van der Waals surface area contributed by atoms with Gasteiger partial charge in [0, 0.05) is 6.04 Å². The molecule has 2 heteroatoms. The van der Waals surface area contributed by atoms with E-state index in [0.29, 0.717) is 12.1 Å². The summed E-state index contributed by atoms with van der Waals surface area (Å²) >= 11 is 0. The molecule has 0 aromatic rings. The van der Waals surface area contributed by atoms with Crippen LogP contribution in [0.4, 0.5) is 0 Å². The van der Waals surface area contributed by atoms with Crippen LogP contribution in [0.25, 0.3) is 0 Å². The van der Waals surface area contributed by atoms with Gasteiger partial charge in [0.05, 0.1) is 12.7 Å². The molecule has 0 radical (unpaired) electrons. The van der Waals surface area contributed by atoms with Gasteiger partial charge in [-0.25, -0.2) is 0 Å². The molecule has 0 aliphatic carbocycles. The van der Waals surface area contributed by atoms with Crippen LogP contribution in [-0.4, -0.2) is 25.3 Å². The molecule has 0 aliphatic heterocycles. The summed E-state index contributed by atoms with van der Waals surface area (Å²) < 4.78 is 5.79. The zero-order valence-corrected chi connectivity index (χ0v) is 10.3. The number of hydrogen-bond acceptors (Lipinski definition) is 2. The van der Waals surface area contributed by atoms with E-state index in [4.69, 9.17) is 4.74 Å². The predicted octanol–water partition coefficient (Wildman–Crippen LogP) is 2.97. The summed E-state index contributed by atoms with van der Waals surface area (Å²) in [5.41, 5.74) is 0. The molecule has 0 fully saturated rings. The molecule has 0 heterocycles. The first-order chi connectivity index (χ1) is 6.74. The third kappa shape index (κ3) is 7.34. The number of nitrogens with one attached hydrogen (secondary N) is 1. The van der Waals surface area contributed by atoms with Crippen LogP contribution in [0, 0.1) is 0 Å². The molecule has 0 amide bonds. The lowest BCUT2D eigenvalue weighted by Gasteiger charge is -2.20. The Morgan fingerprint density at radius 1 is 1.07 bits per heavy atom. The standard InChI is InChI=1S/C12H27NO/c1-5-8-11(4)14-10-12(9-6-2)13-7-3/h11-13H,5-10H2,1-4H3. The van der Waals surface area contributed by atoms with Gasteiger partial charge in [-0.1, -0.05) is 33.6 Å². The molecule has 2 nitrogen and oxygen atoms in total. The fourth-order valence-corrected chi connectivity index (χ4v) is 1.65. The molecule has 86 valence electrons. The molecule has 0 aromatic heterocycles. The molecule has 0 spiro atoms. The zero-order valence-electron chi connectivity index (χ0n) is 10.3. The summed E-state index contributed by atoms with van der Waals surface area (Å²) in [7, 11) is 0. The SMILES string of the molecule is CCCC(COC(C)CCC)NCC. The maximum absolute atomic E-state index is 5.79. The summed E-state index contributed by atoms with van der Waals surface area (Å²) in [5.74, 6) is 0. The van der Waals surface area contributed by atoms with Crippen LogP contribution in [0.15, 0.2) is 0 Å². The van der Waals surface area contributed by atoms with Gasteiger partial charge < -0.3 is 10.1 Å². The van der Waals surface area contributed by atoms with E-state index < -0.39 is 0 Å². The van der Waals surface area contributed by atoms with Gasteiger partial charge in [0.1, 0.15) is 0 Å². The lowest BCUT2D eigenvalue weighted by Crippen LogP contribution is -2.34. The molecule has 0 saturated carbocycles. The Hall–Kier alpha value is -0.0800. The van der Waals surface area contributed by atoms with Crippen molar-refractivity contribution in [1.82, 2.24) is 5.32 Å². The third-order valence-electron chi connectivity index (χ3n) is 2.41. The van der Waals surface area contributed by atoms with Crippen LogP contribution >= 0.6 is 0 Å². The van der Waals surface area contributed by atoms with E-state index in [-0.39, 0.29) is 0 Å². The number of likely N-dealkylation sites (N-methyl/N-ethyl adjacent to an activating group) is 1. The minimum atomic E-state index is 0.415. The second kappa shape index (κ2) is 9.47. The Labute approximate surface area is 89.4 Å². The van der Waals surface area contributed by atoms with Crippen molar-refractivity contribution in [3.63, 3.8) is 0 Å². The van der Waals surface area contributed by atoms with Crippen molar-refractivity contribution in [3.05, 3.63) is 0 Å². The van der Waals surface area contributed by atoms with E-state index in [1.807, 2.05) is 0 Å². The maximum Gasteiger partial charge on any atom is 0.0623 e. The molecule has 2 atom stereocenters. The maximum atomic E-state index is 5.79. The van der Waals surface area contributed by atoms with Crippen LogP contribution in [0.2, 0.25) is 0 Å². The van der Waals surface area contributed by atoms with Gasteiger partial charge in [0.25, 0.3) is 0 Å². The van der Waals surface area contributed by atoms with Crippen molar-refractivity contribution >= 4 is 0 Å². The van der Waals surface area contributed by atoms with Gasteiger partial charge in [0.2, 0.25) is 0 Å². The molecule has 0 bridgehead atoms. The van der Waals surface area contributed by atoms with Gasteiger partial charge in [-0.05, 0) is 26.3 Å². The molecule has 0 saturated heterocycles. The monoisotopic (exact) mass is 201 g/mol. The van der Waals surface area contributed by atoms with Crippen molar-refractivity contribution in [2.75, 3.05) is 13.2 Å². The smallest absolute Gasteiger partial charge is 0.0623 e. The Balaban J connectivity index is 3.57. The van der Waals surface area contributed by atoms with E-state index in [0.717, 1.165) is 13.2 Å². The number of hydrogen-bond donors (Lipinski definition) is 1. The average molecular weight is 201 g/mol. The molecule has 2 unspecified atom stereocenters. The van der Waals surface area contributed by atoms with Crippen molar-refractivity contribution in [1.29, 1.82) is 0 Å². The second-order valence-corrected chi connectivity index (χ2v) is 3.98. The Kier molecular flexibility index (Phi) is 9.42. The Morgan fingerprint density at radius 3 is 2.21 bits per heavy atom. The van der Waals surface area contributed by atoms with E-state index in [1.165, 1.54) is 25.7 Å². The molecule has 0 aliphatic rings. The van der Waals surface area contributed by atoms with Crippen LogP contribution in [-0.2, 0) is 4.74 Å². The van der Waals surface area contributed by atoms with Gasteiger partial charge in [-0.3, -0.25) is 0 Å². The summed E-state index contributed by atoms with van der Waals surface area (Å²) in [6.45, 7) is 10.6. The lowest BCUT2D eigenvalue weighted by molar-refractivity contribution is 0.0429. The highest BCUT2D eigenvalue weighted by Gasteiger charge is 2.08. The normalized spacial score (nSPS) is 15.4. The van der Waals surface area contributed by atoms with Crippen molar-refractivity contribution in [2.24, 2.45) is 0 Å². The molecule has 14 heavy (non-hydrogen) atoms. The first-order valence-electron chi connectivity index (χ1n) is 6.09. The summed E-state index contributed by atoms with van der Waals surface area (Å²) in [6, 6.07) is 0.546. The van der Waals surface area contributed by atoms with Crippen LogP contribution in [0.3, 0.4) is 0 Å². The van der Waals surface area contributed by atoms with E-state index in [1.54, 1.807) is 0 Å². The van der Waals surface area contributed by atoms with Crippen molar-refractivity contribution in [2.45, 2.75) is 65.5 Å². The third-order valence-corrected chi connectivity index (χ3v) is 2.41. The molecule has 0 aromatic carbocycles. The molecule has 0 rings (SSSR count). The van der Waals surface area contributed by atoms with Crippen LogP contribution in [0.1, 0.15) is 53.4 Å². The average Bonchev–Trinajstić information content (AvgIpc) is 2.15. The first kappa shape index (κ1) is 13.9. The van der Waals surface area contributed by atoms with Gasteiger partial charge >= 0.3 is 0 Å². The summed E-state index contributed by atoms with van der Waals surface area (Å²) in [4.78, 5) is 0. The highest BCUT2D eigenvalue weighted by Crippen LogP contribution is 2.04. The predicted molar refractivity (Wildman–Crippen MR) is 62.7 cm³/mol. The van der Waals surface area contributed by atoms with E-state index >= 15 is 0 Å². The first-order valence-corrected chi connectivity index (χ1v) is 6.09. The van der Waals surface area contributed by atoms with Gasteiger partial charge in [-0.2, -0.15) is 0 Å². The molecular formula is C12H27NO. The summed E-state index contributed by atoms with van der Waals surface area (Å²) in [6.07, 6.45) is 5.24. The molecule has 1 N–H and O–H groups in total. The molecular weight excluding hydrogens is 174 g/mol. The topological polar surface area (TPSA) is 21.3 Å². The highest BCUT2D eigenvalue weighted by molar-refractivity contribution is 4.65. The number of rotatable bonds is 9.